The van der Waals surface area contributed by atoms with E-state index < -0.39 is 0 Å². The molecule has 0 aromatic heterocycles. The molecule has 1 aliphatic carbocycles. The van der Waals surface area contributed by atoms with Crippen LogP contribution in [0.15, 0.2) is 12.2 Å². The van der Waals surface area contributed by atoms with E-state index in [0.717, 1.165) is 0 Å². The van der Waals surface area contributed by atoms with E-state index in [4.69, 9.17) is 0 Å². The van der Waals surface area contributed by atoms with Gasteiger partial charge < -0.3 is 4.90 Å². The van der Waals surface area contributed by atoms with Gasteiger partial charge in [0.25, 0.3) is 0 Å². The van der Waals surface area contributed by atoms with Gasteiger partial charge in [0.1, 0.15) is 0 Å². The SMILES string of the molecule is CCCCCCN(CCCCCC)C1C=C[CH-]1.[Li+]. The van der Waals surface area contributed by atoms with E-state index in [1.165, 1.54) is 64.5 Å². The summed E-state index contributed by atoms with van der Waals surface area (Å²) in [6, 6.07) is 0.651. The summed E-state index contributed by atoms with van der Waals surface area (Å²) in [7, 11) is 0. The number of unbranched alkanes of at least 4 members (excludes halogenated alkanes) is 6. The van der Waals surface area contributed by atoms with Crippen molar-refractivity contribution in [2.75, 3.05) is 13.1 Å². The molecule has 0 heterocycles. The van der Waals surface area contributed by atoms with E-state index in [-0.39, 0.29) is 18.9 Å². The largest absolute Gasteiger partial charge is 1.00 e. The molecule has 0 aliphatic heterocycles. The van der Waals surface area contributed by atoms with Gasteiger partial charge in [-0.3, -0.25) is 0 Å². The first kappa shape index (κ1) is 18.2. The molecule has 0 bridgehead atoms. The number of hydrogen-bond donors (Lipinski definition) is 0. The monoisotopic (exact) mass is 243 g/mol. The van der Waals surface area contributed by atoms with E-state index in [9.17, 15) is 0 Å². The number of rotatable bonds is 11. The van der Waals surface area contributed by atoms with E-state index in [2.05, 4.69) is 37.3 Å². The molecular weight excluding hydrogens is 213 g/mol. The van der Waals surface area contributed by atoms with Crippen LogP contribution in [-0.4, -0.2) is 24.0 Å². The summed E-state index contributed by atoms with van der Waals surface area (Å²) in [5.74, 6) is 0. The summed E-state index contributed by atoms with van der Waals surface area (Å²) in [4.78, 5) is 2.66. The van der Waals surface area contributed by atoms with Gasteiger partial charge >= 0.3 is 18.9 Å². The fourth-order valence-corrected chi connectivity index (χ4v) is 2.35. The molecule has 0 aromatic carbocycles. The first-order valence-electron chi connectivity index (χ1n) is 7.64. The molecule has 0 fully saturated rings. The molecule has 0 N–H and O–H groups in total. The second-order valence-electron chi connectivity index (χ2n) is 5.23. The summed E-state index contributed by atoms with van der Waals surface area (Å²) in [6.07, 6.45) is 17.9. The molecule has 100 valence electrons. The zero-order valence-electron chi connectivity index (χ0n) is 12.8. The van der Waals surface area contributed by atoms with Crippen molar-refractivity contribution in [3.05, 3.63) is 18.6 Å². The Hall–Kier alpha value is 0.167. The van der Waals surface area contributed by atoms with Crippen molar-refractivity contribution in [3.8, 4) is 0 Å². The topological polar surface area (TPSA) is 3.24 Å². The van der Waals surface area contributed by atoms with E-state index in [1.54, 1.807) is 0 Å². The minimum absolute atomic E-state index is 0. The summed E-state index contributed by atoms with van der Waals surface area (Å²) in [5.41, 5.74) is 0. The van der Waals surface area contributed by atoms with Crippen molar-refractivity contribution in [2.24, 2.45) is 0 Å². The van der Waals surface area contributed by atoms with Crippen molar-refractivity contribution < 1.29 is 18.9 Å². The third kappa shape index (κ3) is 7.57. The first-order chi connectivity index (χ1) is 8.38. The molecule has 0 saturated heterocycles. The third-order valence-electron chi connectivity index (χ3n) is 3.64. The summed E-state index contributed by atoms with van der Waals surface area (Å²) in [5, 5.41) is 0. The fourth-order valence-electron chi connectivity index (χ4n) is 2.35. The summed E-state index contributed by atoms with van der Waals surface area (Å²) < 4.78 is 0. The van der Waals surface area contributed by atoms with Crippen molar-refractivity contribution in [3.63, 3.8) is 0 Å². The van der Waals surface area contributed by atoms with Crippen LogP contribution in [-0.2, 0) is 0 Å². The van der Waals surface area contributed by atoms with Gasteiger partial charge in [-0.15, -0.1) is 0 Å². The molecule has 2 heteroatoms. The average Bonchev–Trinajstić information content (AvgIpc) is 2.27. The normalized spacial score (nSPS) is 17.2. The Morgan fingerprint density at radius 1 is 0.889 bits per heavy atom. The van der Waals surface area contributed by atoms with Gasteiger partial charge in [-0.25, -0.2) is 18.6 Å². The van der Waals surface area contributed by atoms with Crippen LogP contribution < -0.4 is 18.9 Å². The molecule has 1 nitrogen and oxygen atoms in total. The Morgan fingerprint density at radius 2 is 1.39 bits per heavy atom. The van der Waals surface area contributed by atoms with Crippen molar-refractivity contribution >= 4 is 0 Å². The van der Waals surface area contributed by atoms with Crippen molar-refractivity contribution in [1.82, 2.24) is 4.90 Å². The molecule has 1 aliphatic rings. The Bertz CT molecular complexity index is 191. The molecule has 0 amide bonds. The van der Waals surface area contributed by atoms with Crippen LogP contribution >= 0.6 is 0 Å². The molecule has 0 radical (unpaired) electrons. The van der Waals surface area contributed by atoms with Crippen molar-refractivity contribution in [1.29, 1.82) is 0 Å². The molecule has 0 aromatic rings. The van der Waals surface area contributed by atoms with Gasteiger partial charge in [-0.2, -0.15) is 0 Å². The molecule has 1 unspecified atom stereocenters. The van der Waals surface area contributed by atoms with Gasteiger partial charge in [0.15, 0.2) is 0 Å². The first-order valence-corrected chi connectivity index (χ1v) is 7.64. The minimum Gasteiger partial charge on any atom is -0.326 e. The van der Waals surface area contributed by atoms with Crippen LogP contribution in [0.5, 0.6) is 0 Å². The van der Waals surface area contributed by atoms with Gasteiger partial charge in [0.05, 0.1) is 0 Å². The van der Waals surface area contributed by atoms with E-state index >= 15 is 0 Å². The smallest absolute Gasteiger partial charge is 0.326 e. The zero-order valence-corrected chi connectivity index (χ0v) is 12.8. The minimum atomic E-state index is 0. The van der Waals surface area contributed by atoms with Gasteiger partial charge in [0, 0.05) is 0 Å². The predicted octanol–water partition coefficient (Wildman–Crippen LogP) is 1.60. The Labute approximate surface area is 127 Å². The maximum Gasteiger partial charge on any atom is 1.00 e. The van der Waals surface area contributed by atoms with Crippen LogP contribution in [0.4, 0.5) is 0 Å². The fraction of sp³-hybridized carbons (Fsp3) is 0.812. The van der Waals surface area contributed by atoms with Crippen LogP contribution in [0, 0.1) is 6.42 Å². The van der Waals surface area contributed by atoms with Gasteiger partial charge in [-0.1, -0.05) is 58.4 Å². The average molecular weight is 243 g/mol. The van der Waals surface area contributed by atoms with Crippen LogP contribution in [0.1, 0.15) is 65.2 Å². The Kier molecular flexibility index (Phi) is 12.3. The molecule has 0 saturated carbocycles. The maximum atomic E-state index is 2.66. The zero-order chi connectivity index (χ0) is 12.3. The molecular formula is C16H30LiN. The van der Waals surface area contributed by atoms with Crippen LogP contribution in [0.3, 0.4) is 0 Å². The molecule has 1 rings (SSSR count). The standard InChI is InChI=1S/C16H30N.Li/c1-3-5-7-9-14-17(16-12-11-13-16)15-10-8-6-4-2;/h11-13,16H,3-10,14-15H2,1-2H3;/q-1;+1. The second-order valence-corrected chi connectivity index (χ2v) is 5.23. The number of nitrogens with zero attached hydrogens (tertiary/aromatic N) is 1. The summed E-state index contributed by atoms with van der Waals surface area (Å²) in [6.45, 7) is 7.14. The van der Waals surface area contributed by atoms with E-state index in [1.807, 2.05) is 0 Å². The Balaban J connectivity index is 0.00000289. The van der Waals surface area contributed by atoms with Crippen LogP contribution in [0.25, 0.3) is 0 Å². The molecule has 18 heavy (non-hydrogen) atoms. The van der Waals surface area contributed by atoms with Gasteiger partial charge in [0.2, 0.25) is 0 Å². The maximum absolute atomic E-state index is 2.66. The van der Waals surface area contributed by atoms with Gasteiger partial charge in [-0.05, 0) is 25.9 Å². The Morgan fingerprint density at radius 3 is 1.72 bits per heavy atom. The summed E-state index contributed by atoms with van der Waals surface area (Å²) >= 11 is 0. The van der Waals surface area contributed by atoms with Crippen molar-refractivity contribution in [2.45, 2.75) is 71.3 Å². The molecule has 0 spiro atoms. The number of hydrogen-bond acceptors (Lipinski definition) is 1. The molecule has 1 atom stereocenters. The van der Waals surface area contributed by atoms with E-state index in [0.29, 0.717) is 6.04 Å². The van der Waals surface area contributed by atoms with Crippen LogP contribution in [0.2, 0.25) is 0 Å². The third-order valence-corrected chi connectivity index (χ3v) is 3.64. The predicted molar refractivity (Wildman–Crippen MR) is 77.1 cm³/mol. The quantitative estimate of drug-likeness (QED) is 0.303. The second kappa shape index (κ2) is 12.2.